The molecule has 1 heterocycles. The van der Waals surface area contributed by atoms with Crippen molar-refractivity contribution in [2.24, 2.45) is 0 Å². The quantitative estimate of drug-likeness (QED) is 0.521. The predicted molar refractivity (Wildman–Crippen MR) is 94.6 cm³/mol. The van der Waals surface area contributed by atoms with Crippen molar-refractivity contribution >= 4 is 9.24 Å². The summed E-state index contributed by atoms with van der Waals surface area (Å²) < 4.78 is 1.95. The molecule has 21 heavy (non-hydrogen) atoms. The van der Waals surface area contributed by atoms with Crippen LogP contribution in [0.25, 0.3) is 0 Å². The smallest absolute Gasteiger partial charge is 0.0835 e. The van der Waals surface area contributed by atoms with Crippen LogP contribution in [0.1, 0.15) is 59.6 Å². The number of hydrogen-bond acceptors (Lipinski definition) is 2. The molecule has 0 aliphatic rings. The van der Waals surface area contributed by atoms with Crippen LogP contribution in [-0.2, 0) is 13.0 Å². The lowest BCUT2D eigenvalue weighted by Gasteiger charge is -2.14. The highest BCUT2D eigenvalue weighted by Gasteiger charge is 2.13. The summed E-state index contributed by atoms with van der Waals surface area (Å²) in [6, 6.07) is 0. The summed E-state index contributed by atoms with van der Waals surface area (Å²) in [4.78, 5) is 0. The van der Waals surface area contributed by atoms with E-state index in [0.717, 1.165) is 37.9 Å². The molecule has 1 rings (SSSR count). The van der Waals surface area contributed by atoms with Gasteiger partial charge < -0.3 is 0 Å². The highest BCUT2D eigenvalue weighted by molar-refractivity contribution is 7.18. The van der Waals surface area contributed by atoms with E-state index in [1.54, 1.807) is 0 Å². The molecule has 0 fully saturated rings. The minimum Gasteiger partial charge on any atom is -0.252 e. The van der Waals surface area contributed by atoms with Gasteiger partial charge in [0.05, 0.1) is 5.69 Å². The highest BCUT2D eigenvalue weighted by Crippen LogP contribution is 2.20. The average molecular weight is 307 g/mol. The Morgan fingerprint density at radius 3 is 2.57 bits per heavy atom. The van der Waals surface area contributed by atoms with Crippen molar-refractivity contribution in [2.75, 3.05) is 0 Å². The summed E-state index contributed by atoms with van der Waals surface area (Å²) in [7, 11) is 2.85. The van der Waals surface area contributed by atoms with Crippen LogP contribution < -0.4 is 0 Å². The van der Waals surface area contributed by atoms with Crippen LogP contribution in [0.3, 0.4) is 0 Å². The van der Waals surface area contributed by atoms with Gasteiger partial charge in [0.15, 0.2) is 0 Å². The molecule has 1 unspecified atom stereocenters. The van der Waals surface area contributed by atoms with E-state index in [4.69, 9.17) is 0 Å². The fourth-order valence-electron chi connectivity index (χ4n) is 2.13. The molecular weight excluding hydrogens is 277 g/mol. The summed E-state index contributed by atoms with van der Waals surface area (Å²) in [5, 5.41) is 8.62. The van der Waals surface area contributed by atoms with Crippen molar-refractivity contribution in [3.8, 4) is 0 Å². The lowest BCUT2D eigenvalue weighted by Crippen LogP contribution is -2.13. The molecule has 0 N–H and O–H groups in total. The lowest BCUT2D eigenvalue weighted by atomic mass is 10.1. The molecule has 0 spiro atoms. The fraction of sp³-hybridized carbons (Fsp3) is 0.647. The average Bonchev–Trinajstić information content (AvgIpc) is 2.73. The lowest BCUT2D eigenvalue weighted by molar-refractivity contribution is 0.594. The van der Waals surface area contributed by atoms with E-state index in [9.17, 15) is 0 Å². The summed E-state index contributed by atoms with van der Waals surface area (Å²) in [5.41, 5.74) is 3.92. The van der Waals surface area contributed by atoms with E-state index in [2.05, 4.69) is 72.5 Å². The molecule has 0 aromatic carbocycles. The number of hydrogen-bond donors (Lipinski definition) is 0. The van der Waals surface area contributed by atoms with Gasteiger partial charge in [-0.05, 0) is 45.2 Å². The second kappa shape index (κ2) is 8.48. The first-order chi connectivity index (χ1) is 9.76. The van der Waals surface area contributed by atoms with Crippen molar-refractivity contribution in [3.63, 3.8) is 0 Å². The van der Waals surface area contributed by atoms with Crippen LogP contribution in [0.2, 0.25) is 0 Å². The van der Waals surface area contributed by atoms with Crippen LogP contribution >= 0.6 is 9.24 Å². The molecule has 0 aliphatic heterocycles. The molecular formula is C17H30N3P. The van der Waals surface area contributed by atoms with Crippen molar-refractivity contribution in [1.82, 2.24) is 15.0 Å². The van der Waals surface area contributed by atoms with Crippen LogP contribution in [0.5, 0.6) is 0 Å². The van der Waals surface area contributed by atoms with Crippen molar-refractivity contribution in [2.45, 2.75) is 72.0 Å². The van der Waals surface area contributed by atoms with Crippen LogP contribution in [0.4, 0.5) is 0 Å². The Bertz CT molecular complexity index is 488. The van der Waals surface area contributed by atoms with E-state index in [-0.39, 0.29) is 5.16 Å². The largest absolute Gasteiger partial charge is 0.252 e. The Morgan fingerprint density at radius 2 is 1.95 bits per heavy atom. The summed E-state index contributed by atoms with van der Waals surface area (Å²) in [5.74, 6) is 0. The van der Waals surface area contributed by atoms with Gasteiger partial charge >= 0.3 is 0 Å². The number of aryl methyl sites for hydroxylation is 1. The Balaban J connectivity index is 2.36. The first-order valence-corrected chi connectivity index (χ1v) is 8.31. The van der Waals surface area contributed by atoms with Gasteiger partial charge in [-0.2, -0.15) is 0 Å². The number of aromatic nitrogens is 3. The van der Waals surface area contributed by atoms with Gasteiger partial charge in [0.25, 0.3) is 0 Å². The maximum absolute atomic E-state index is 4.24. The molecule has 0 saturated carbocycles. The van der Waals surface area contributed by atoms with E-state index >= 15 is 0 Å². The molecule has 4 heteroatoms. The van der Waals surface area contributed by atoms with Crippen LogP contribution in [0, 0.1) is 0 Å². The third-order valence-electron chi connectivity index (χ3n) is 3.17. The molecule has 0 bridgehead atoms. The second-order valence-corrected chi connectivity index (χ2v) is 8.36. The minimum atomic E-state index is 0.183. The van der Waals surface area contributed by atoms with E-state index < -0.39 is 0 Å². The molecule has 1 aromatic heterocycles. The molecule has 0 amide bonds. The molecule has 118 valence electrons. The monoisotopic (exact) mass is 307 g/mol. The minimum absolute atomic E-state index is 0.183. The van der Waals surface area contributed by atoms with Crippen molar-refractivity contribution < 1.29 is 0 Å². The molecule has 0 saturated heterocycles. The van der Waals surface area contributed by atoms with Gasteiger partial charge in [-0.1, -0.05) is 42.4 Å². The fourth-order valence-corrected chi connectivity index (χ4v) is 2.34. The standard InChI is InChI=1S/C17H30N3P/c1-14(2)8-6-9-15(3)10-7-11-20-13-16(18-19-20)12-17(4,5)21/h8,10,13H,6-7,9,11-12,21H2,1-5H3/b15-10-. The zero-order valence-corrected chi connectivity index (χ0v) is 15.3. The Kier molecular flexibility index (Phi) is 7.31. The maximum Gasteiger partial charge on any atom is 0.0835 e. The van der Waals surface area contributed by atoms with Crippen molar-refractivity contribution in [1.29, 1.82) is 0 Å². The number of rotatable bonds is 8. The third-order valence-corrected chi connectivity index (χ3v) is 3.37. The van der Waals surface area contributed by atoms with Crippen LogP contribution in [0.15, 0.2) is 29.5 Å². The topological polar surface area (TPSA) is 30.7 Å². The van der Waals surface area contributed by atoms with E-state index in [1.165, 1.54) is 11.1 Å². The molecule has 0 aliphatic carbocycles. The van der Waals surface area contributed by atoms with Gasteiger partial charge in [-0.15, -0.1) is 14.3 Å². The van der Waals surface area contributed by atoms with Gasteiger partial charge in [0, 0.05) is 19.2 Å². The summed E-state index contributed by atoms with van der Waals surface area (Å²) in [6.45, 7) is 11.8. The van der Waals surface area contributed by atoms with Gasteiger partial charge in [-0.25, -0.2) is 0 Å². The second-order valence-electron chi connectivity index (χ2n) is 6.80. The zero-order valence-electron chi connectivity index (χ0n) is 14.2. The maximum atomic E-state index is 4.24. The molecule has 1 atom stereocenters. The van der Waals surface area contributed by atoms with Crippen molar-refractivity contribution in [3.05, 3.63) is 35.2 Å². The van der Waals surface area contributed by atoms with Gasteiger partial charge in [0.2, 0.25) is 0 Å². The van der Waals surface area contributed by atoms with E-state index in [0.29, 0.717) is 0 Å². The Morgan fingerprint density at radius 1 is 1.24 bits per heavy atom. The highest BCUT2D eigenvalue weighted by atomic mass is 31.0. The van der Waals surface area contributed by atoms with Gasteiger partial charge in [-0.3, -0.25) is 4.68 Å². The first kappa shape index (κ1) is 18.1. The van der Waals surface area contributed by atoms with Crippen LogP contribution in [-0.4, -0.2) is 20.1 Å². The Hall–Kier alpha value is -0.950. The zero-order chi connectivity index (χ0) is 15.9. The van der Waals surface area contributed by atoms with E-state index in [1.807, 2.05) is 4.68 Å². The van der Waals surface area contributed by atoms with Gasteiger partial charge in [0.1, 0.15) is 0 Å². The number of allylic oxidation sites excluding steroid dienone is 4. The predicted octanol–water partition coefficient (Wildman–Crippen LogP) is 4.56. The number of nitrogens with zero attached hydrogens (tertiary/aromatic N) is 3. The summed E-state index contributed by atoms with van der Waals surface area (Å²) in [6.07, 6.45) is 10.9. The SMILES string of the molecule is CC(C)=CCC/C(C)=C\CCn1cc(CC(C)(C)P)nn1. The third kappa shape index (κ3) is 8.83. The molecule has 1 aromatic rings. The molecule has 0 radical (unpaired) electrons. The Labute approximate surface area is 132 Å². The normalized spacial score (nSPS) is 12.6. The first-order valence-electron chi connectivity index (χ1n) is 7.73. The molecule has 3 nitrogen and oxygen atoms in total. The summed E-state index contributed by atoms with van der Waals surface area (Å²) >= 11 is 0.